The van der Waals surface area contributed by atoms with Crippen molar-refractivity contribution in [2.45, 2.75) is 44.3 Å². The van der Waals surface area contributed by atoms with Gasteiger partial charge in [-0.1, -0.05) is 0 Å². The Bertz CT molecular complexity index is 343. The molecule has 7 heteroatoms. The minimum absolute atomic E-state index is 0. The summed E-state index contributed by atoms with van der Waals surface area (Å²) in [6.07, 6.45) is 3.05. The second-order valence-corrected chi connectivity index (χ2v) is 7.08. The van der Waals surface area contributed by atoms with E-state index >= 15 is 0 Å². The van der Waals surface area contributed by atoms with Crippen molar-refractivity contribution < 1.29 is 9.84 Å². The Morgan fingerprint density at radius 1 is 1.38 bits per heavy atom. The molecule has 0 aliphatic carbocycles. The summed E-state index contributed by atoms with van der Waals surface area (Å²) in [6.45, 7) is 7.07. The Balaban J connectivity index is 0.00000220. The van der Waals surface area contributed by atoms with Crippen molar-refractivity contribution >= 4 is 41.7 Å². The zero-order chi connectivity index (χ0) is 14.5. The van der Waals surface area contributed by atoms with Crippen LogP contribution in [-0.4, -0.2) is 60.0 Å². The number of hydrogen-bond donors (Lipinski definition) is 3. The molecule has 2 rings (SSSR count). The Kier molecular flexibility index (Phi) is 8.08. The molecule has 2 atom stereocenters. The molecule has 2 saturated heterocycles. The van der Waals surface area contributed by atoms with Crippen molar-refractivity contribution in [3.05, 3.63) is 0 Å². The fourth-order valence-electron chi connectivity index (χ4n) is 2.54. The molecule has 2 fully saturated rings. The number of hydrogen-bond acceptors (Lipinski definition) is 4. The summed E-state index contributed by atoms with van der Waals surface area (Å²) in [5.74, 6) is 2.59. The molecule has 5 nitrogen and oxygen atoms in total. The van der Waals surface area contributed by atoms with Gasteiger partial charge in [0.2, 0.25) is 0 Å². The molecule has 2 aliphatic heterocycles. The summed E-state index contributed by atoms with van der Waals surface area (Å²) in [6, 6.07) is 0. The summed E-state index contributed by atoms with van der Waals surface area (Å²) >= 11 is 1.80. The lowest BCUT2D eigenvalue weighted by atomic mass is 10.0. The van der Waals surface area contributed by atoms with E-state index in [1.165, 1.54) is 0 Å². The fraction of sp³-hybridized carbons (Fsp3) is 0.929. The van der Waals surface area contributed by atoms with E-state index in [4.69, 9.17) is 4.74 Å². The van der Waals surface area contributed by atoms with Crippen LogP contribution in [0.25, 0.3) is 0 Å². The molecule has 0 spiro atoms. The van der Waals surface area contributed by atoms with E-state index < -0.39 is 5.60 Å². The first-order valence-corrected chi connectivity index (χ1v) is 8.67. The second kappa shape index (κ2) is 8.79. The predicted octanol–water partition coefficient (Wildman–Crippen LogP) is 1.60. The van der Waals surface area contributed by atoms with Gasteiger partial charge in [-0.3, -0.25) is 4.99 Å². The number of nitrogens with one attached hydrogen (secondary N) is 2. The van der Waals surface area contributed by atoms with Crippen LogP contribution < -0.4 is 10.6 Å². The first-order chi connectivity index (χ1) is 9.55. The summed E-state index contributed by atoms with van der Waals surface area (Å²) in [5, 5.41) is 16.9. The number of thioether (sulfide) groups is 1. The Morgan fingerprint density at radius 3 is 2.76 bits per heavy atom. The summed E-state index contributed by atoms with van der Waals surface area (Å²) in [5.41, 5.74) is -0.711. The molecule has 0 aromatic heterocycles. The van der Waals surface area contributed by atoms with Crippen LogP contribution in [0, 0.1) is 0 Å². The highest BCUT2D eigenvalue weighted by Crippen LogP contribution is 2.28. The lowest BCUT2D eigenvalue weighted by molar-refractivity contribution is 0.0242. The van der Waals surface area contributed by atoms with E-state index in [-0.39, 0.29) is 29.6 Å². The fourth-order valence-corrected chi connectivity index (χ4v) is 3.82. The normalized spacial score (nSPS) is 32.8. The predicted molar refractivity (Wildman–Crippen MR) is 99.9 cm³/mol. The van der Waals surface area contributed by atoms with Gasteiger partial charge in [0, 0.05) is 25.4 Å². The van der Waals surface area contributed by atoms with Gasteiger partial charge in [0.15, 0.2) is 5.96 Å². The highest BCUT2D eigenvalue weighted by atomic mass is 127. The molecule has 0 saturated carbocycles. The molecule has 2 aliphatic rings. The van der Waals surface area contributed by atoms with Gasteiger partial charge in [-0.2, -0.15) is 11.8 Å². The van der Waals surface area contributed by atoms with Crippen LogP contribution in [0.5, 0.6) is 0 Å². The topological polar surface area (TPSA) is 65.9 Å². The third kappa shape index (κ3) is 6.11. The zero-order valence-corrected chi connectivity index (χ0v) is 16.1. The maximum Gasteiger partial charge on any atom is 0.191 e. The molecule has 0 amide bonds. The molecule has 0 bridgehead atoms. The zero-order valence-electron chi connectivity index (χ0n) is 13.0. The summed E-state index contributed by atoms with van der Waals surface area (Å²) in [4.78, 5) is 4.53. The maximum absolute atomic E-state index is 10.3. The minimum Gasteiger partial charge on any atom is -0.387 e. The number of halogens is 1. The lowest BCUT2D eigenvalue weighted by Crippen LogP contribution is -2.46. The molecule has 0 radical (unpaired) electrons. The monoisotopic (exact) mass is 429 g/mol. The molecular weight excluding hydrogens is 401 g/mol. The Hall–Kier alpha value is 0.270. The smallest absolute Gasteiger partial charge is 0.191 e. The van der Waals surface area contributed by atoms with E-state index in [0.717, 1.165) is 56.4 Å². The van der Waals surface area contributed by atoms with Crippen molar-refractivity contribution in [2.24, 2.45) is 4.99 Å². The quantitative estimate of drug-likeness (QED) is 0.352. The standard InChI is InChI=1S/C14H27N3O2S.HI/c1-3-15-12(16-9-13(2)5-4-7-19-13)17-10-14(18)6-8-20-11-14;/h18H,3-11H2,1-2H3,(H2,15,16,17);1H. The van der Waals surface area contributed by atoms with Crippen LogP contribution in [0.1, 0.15) is 33.1 Å². The third-order valence-electron chi connectivity index (χ3n) is 3.89. The number of ether oxygens (including phenoxy) is 1. The molecule has 0 aromatic carbocycles. The molecule has 3 N–H and O–H groups in total. The van der Waals surface area contributed by atoms with Crippen molar-refractivity contribution in [1.29, 1.82) is 0 Å². The maximum atomic E-state index is 10.3. The van der Waals surface area contributed by atoms with Gasteiger partial charge in [-0.15, -0.1) is 24.0 Å². The van der Waals surface area contributed by atoms with Crippen LogP contribution in [0.15, 0.2) is 4.99 Å². The van der Waals surface area contributed by atoms with Gasteiger partial charge in [-0.25, -0.2) is 0 Å². The van der Waals surface area contributed by atoms with E-state index in [1.807, 2.05) is 6.92 Å². The SMILES string of the molecule is CCNC(=NCC1(O)CCSC1)NCC1(C)CCCO1.I. The number of aliphatic imine (C=N–C) groups is 1. The van der Waals surface area contributed by atoms with Crippen molar-refractivity contribution in [3.63, 3.8) is 0 Å². The third-order valence-corrected chi connectivity index (χ3v) is 5.12. The first-order valence-electron chi connectivity index (χ1n) is 7.52. The van der Waals surface area contributed by atoms with E-state index in [1.54, 1.807) is 11.8 Å². The average molecular weight is 429 g/mol. The second-order valence-electron chi connectivity index (χ2n) is 5.98. The number of nitrogens with zero attached hydrogens (tertiary/aromatic N) is 1. The largest absolute Gasteiger partial charge is 0.387 e. The van der Waals surface area contributed by atoms with Crippen LogP contribution in [0.2, 0.25) is 0 Å². The lowest BCUT2D eigenvalue weighted by Gasteiger charge is -2.25. The van der Waals surface area contributed by atoms with E-state index in [2.05, 4.69) is 22.5 Å². The van der Waals surface area contributed by atoms with Crippen LogP contribution in [0.4, 0.5) is 0 Å². The number of guanidine groups is 1. The molecule has 2 heterocycles. The van der Waals surface area contributed by atoms with Crippen LogP contribution in [0.3, 0.4) is 0 Å². The van der Waals surface area contributed by atoms with Crippen molar-refractivity contribution in [2.75, 3.05) is 37.7 Å². The minimum atomic E-state index is -0.624. The first kappa shape index (κ1) is 19.3. The summed E-state index contributed by atoms with van der Waals surface area (Å²) < 4.78 is 5.77. The molecular formula is C14H28IN3O2S. The van der Waals surface area contributed by atoms with Gasteiger partial charge in [0.05, 0.1) is 17.7 Å². The van der Waals surface area contributed by atoms with E-state index in [9.17, 15) is 5.11 Å². The Labute approximate surface area is 149 Å². The highest BCUT2D eigenvalue weighted by molar-refractivity contribution is 14.0. The molecule has 21 heavy (non-hydrogen) atoms. The van der Waals surface area contributed by atoms with Crippen molar-refractivity contribution in [1.82, 2.24) is 10.6 Å². The van der Waals surface area contributed by atoms with Crippen molar-refractivity contribution in [3.8, 4) is 0 Å². The average Bonchev–Trinajstić information content (AvgIpc) is 3.03. The van der Waals surface area contributed by atoms with Crippen LogP contribution in [-0.2, 0) is 4.74 Å². The molecule has 124 valence electrons. The number of rotatable bonds is 5. The van der Waals surface area contributed by atoms with E-state index in [0.29, 0.717) is 6.54 Å². The molecule has 0 aromatic rings. The molecule has 2 unspecified atom stereocenters. The number of aliphatic hydroxyl groups is 1. The Morgan fingerprint density at radius 2 is 2.19 bits per heavy atom. The highest BCUT2D eigenvalue weighted by Gasteiger charge is 2.32. The van der Waals surface area contributed by atoms with Gasteiger partial charge < -0.3 is 20.5 Å². The summed E-state index contributed by atoms with van der Waals surface area (Å²) in [7, 11) is 0. The van der Waals surface area contributed by atoms with Gasteiger partial charge in [0.25, 0.3) is 0 Å². The van der Waals surface area contributed by atoms with Gasteiger partial charge in [0.1, 0.15) is 0 Å². The van der Waals surface area contributed by atoms with Crippen LogP contribution >= 0.6 is 35.7 Å². The van der Waals surface area contributed by atoms with Gasteiger partial charge >= 0.3 is 0 Å². The van der Waals surface area contributed by atoms with Gasteiger partial charge in [-0.05, 0) is 38.9 Å².